The fourth-order valence-electron chi connectivity index (χ4n) is 4.11. The van der Waals surface area contributed by atoms with Gasteiger partial charge in [0.2, 0.25) is 5.91 Å². The molecule has 0 saturated heterocycles. The van der Waals surface area contributed by atoms with Crippen LogP contribution < -0.4 is 5.32 Å². The maximum absolute atomic E-state index is 13.5. The number of aromatic nitrogens is 2. The van der Waals surface area contributed by atoms with Crippen molar-refractivity contribution in [2.45, 2.75) is 19.5 Å². The largest absolute Gasteiger partial charge is 0.348 e. The molecule has 33 heavy (non-hydrogen) atoms. The van der Waals surface area contributed by atoms with Crippen molar-refractivity contribution in [1.82, 2.24) is 19.9 Å². The molecule has 0 unspecified atom stereocenters. The highest BCUT2D eigenvalue weighted by atomic mass is 16.2. The first kappa shape index (κ1) is 20.6. The molecule has 7 nitrogen and oxygen atoms in total. The Morgan fingerprint density at radius 1 is 1.03 bits per heavy atom. The molecule has 4 aromatic rings. The van der Waals surface area contributed by atoms with Crippen molar-refractivity contribution in [3.05, 3.63) is 102 Å². The van der Waals surface area contributed by atoms with Crippen LogP contribution >= 0.6 is 0 Å². The lowest BCUT2D eigenvalue weighted by Gasteiger charge is -2.19. The summed E-state index contributed by atoms with van der Waals surface area (Å²) in [7, 11) is 0. The Labute approximate surface area is 191 Å². The molecule has 3 heterocycles. The maximum atomic E-state index is 13.5. The predicted octanol–water partition coefficient (Wildman–Crippen LogP) is 3.77. The lowest BCUT2D eigenvalue weighted by Crippen LogP contribution is -2.39. The molecule has 5 rings (SSSR count). The molecule has 1 N–H and O–H groups in total. The minimum absolute atomic E-state index is 0.174. The second-order valence-corrected chi connectivity index (χ2v) is 8.02. The number of para-hydroxylation sites is 1. The van der Waals surface area contributed by atoms with Gasteiger partial charge in [0.1, 0.15) is 12.2 Å². The molecule has 1 aliphatic rings. The minimum Gasteiger partial charge on any atom is -0.348 e. The second-order valence-electron chi connectivity index (χ2n) is 8.02. The van der Waals surface area contributed by atoms with Gasteiger partial charge in [-0.1, -0.05) is 48.5 Å². The summed E-state index contributed by atoms with van der Waals surface area (Å²) in [5, 5.41) is 9.85. The van der Waals surface area contributed by atoms with Gasteiger partial charge in [-0.15, -0.1) is 0 Å². The van der Waals surface area contributed by atoms with Gasteiger partial charge in [-0.2, -0.15) is 5.10 Å². The van der Waals surface area contributed by atoms with Gasteiger partial charge in [-0.05, 0) is 42.3 Å². The molecule has 0 spiro atoms. The molecule has 0 radical (unpaired) electrons. The molecule has 2 aromatic carbocycles. The van der Waals surface area contributed by atoms with Gasteiger partial charge in [0, 0.05) is 23.3 Å². The van der Waals surface area contributed by atoms with Gasteiger partial charge in [-0.25, -0.2) is 5.01 Å². The summed E-state index contributed by atoms with van der Waals surface area (Å²) in [5.74, 6) is -0.586. The molecule has 164 valence electrons. The number of pyridine rings is 1. The SMILES string of the molecule is C[C@@H](NC(=O)CN1N=C(c2ccccc2)Cn2c(cc3ccccc32)C1=O)c1ccncc1. The van der Waals surface area contributed by atoms with E-state index in [-0.39, 0.29) is 24.4 Å². The molecular weight excluding hydrogens is 414 g/mol. The molecular formula is C26H23N5O2. The van der Waals surface area contributed by atoms with Crippen LogP contribution in [0.4, 0.5) is 0 Å². The van der Waals surface area contributed by atoms with Crippen LogP contribution in [0.3, 0.4) is 0 Å². The maximum Gasteiger partial charge on any atom is 0.291 e. The molecule has 1 aliphatic heterocycles. The van der Waals surface area contributed by atoms with Crippen molar-refractivity contribution >= 4 is 28.4 Å². The quantitative estimate of drug-likeness (QED) is 0.516. The zero-order valence-corrected chi connectivity index (χ0v) is 18.2. The van der Waals surface area contributed by atoms with Crippen LogP contribution in [0, 0.1) is 0 Å². The number of hydrogen-bond donors (Lipinski definition) is 1. The van der Waals surface area contributed by atoms with Gasteiger partial charge in [0.05, 0.1) is 18.3 Å². The van der Waals surface area contributed by atoms with E-state index in [0.29, 0.717) is 12.2 Å². The van der Waals surface area contributed by atoms with Gasteiger partial charge >= 0.3 is 0 Å². The molecule has 0 fully saturated rings. The number of rotatable bonds is 5. The van der Waals surface area contributed by atoms with Gasteiger partial charge in [-0.3, -0.25) is 14.6 Å². The molecule has 2 aromatic heterocycles. The topological polar surface area (TPSA) is 79.6 Å². The van der Waals surface area contributed by atoms with Crippen molar-refractivity contribution in [3.63, 3.8) is 0 Å². The number of benzene rings is 2. The first-order valence-electron chi connectivity index (χ1n) is 10.8. The molecule has 0 saturated carbocycles. The number of amides is 2. The van der Waals surface area contributed by atoms with E-state index in [1.54, 1.807) is 12.4 Å². The van der Waals surface area contributed by atoms with Gasteiger partial charge in [0.15, 0.2) is 0 Å². The standard InChI is InChI=1S/C26H23N5O2/c1-18(19-11-13-27-14-12-19)28-25(32)17-31-26(33)24-15-21-9-5-6-10-23(21)30(24)16-22(29-31)20-7-3-2-4-8-20/h2-15,18H,16-17H2,1H3,(H,28,32)/t18-/m1/s1. The number of fused-ring (bicyclic) bond motifs is 3. The molecule has 0 bridgehead atoms. The molecule has 7 heteroatoms. The summed E-state index contributed by atoms with van der Waals surface area (Å²) in [4.78, 5) is 30.4. The van der Waals surface area contributed by atoms with Crippen molar-refractivity contribution in [1.29, 1.82) is 0 Å². The third-order valence-corrected chi connectivity index (χ3v) is 5.80. The molecule has 1 atom stereocenters. The highest BCUT2D eigenvalue weighted by Gasteiger charge is 2.28. The second kappa shape index (κ2) is 8.70. The van der Waals surface area contributed by atoms with Crippen molar-refractivity contribution in [2.75, 3.05) is 6.54 Å². The average molecular weight is 438 g/mol. The van der Waals surface area contributed by atoms with E-state index in [0.717, 1.165) is 27.7 Å². The van der Waals surface area contributed by atoms with E-state index in [1.165, 1.54) is 5.01 Å². The summed E-state index contributed by atoms with van der Waals surface area (Å²) < 4.78 is 1.97. The van der Waals surface area contributed by atoms with Crippen LogP contribution in [0.25, 0.3) is 10.9 Å². The van der Waals surface area contributed by atoms with Crippen LogP contribution in [-0.4, -0.2) is 38.6 Å². The Kier molecular flexibility index (Phi) is 5.44. The van der Waals surface area contributed by atoms with E-state index >= 15 is 0 Å². The molecule has 0 aliphatic carbocycles. The predicted molar refractivity (Wildman–Crippen MR) is 127 cm³/mol. The highest BCUT2D eigenvalue weighted by molar-refractivity contribution is 6.07. The van der Waals surface area contributed by atoms with Crippen LogP contribution in [0.5, 0.6) is 0 Å². The van der Waals surface area contributed by atoms with Gasteiger partial charge < -0.3 is 9.88 Å². The smallest absolute Gasteiger partial charge is 0.291 e. The number of hydrazone groups is 1. The summed E-state index contributed by atoms with van der Waals surface area (Å²) in [5.41, 5.74) is 4.04. The van der Waals surface area contributed by atoms with E-state index in [9.17, 15) is 9.59 Å². The number of carbonyl (C=O) groups is 2. The van der Waals surface area contributed by atoms with Gasteiger partial charge in [0.25, 0.3) is 5.91 Å². The summed E-state index contributed by atoms with van der Waals surface area (Å²) in [6.45, 7) is 2.16. The lowest BCUT2D eigenvalue weighted by atomic mass is 10.1. The first-order chi connectivity index (χ1) is 16.1. The third kappa shape index (κ3) is 4.13. The number of hydrogen-bond acceptors (Lipinski definition) is 4. The van der Waals surface area contributed by atoms with Crippen molar-refractivity contribution in [3.8, 4) is 0 Å². The zero-order valence-electron chi connectivity index (χ0n) is 18.2. The first-order valence-corrected chi connectivity index (χ1v) is 10.8. The van der Waals surface area contributed by atoms with E-state index in [1.807, 2.05) is 84.3 Å². The monoisotopic (exact) mass is 437 g/mol. The Balaban J connectivity index is 1.48. The Morgan fingerprint density at radius 2 is 1.76 bits per heavy atom. The van der Waals surface area contributed by atoms with Crippen LogP contribution in [-0.2, 0) is 11.3 Å². The average Bonchev–Trinajstić information content (AvgIpc) is 3.15. The summed E-state index contributed by atoms with van der Waals surface area (Å²) in [6, 6.07) is 23.0. The van der Waals surface area contributed by atoms with E-state index in [4.69, 9.17) is 0 Å². The number of nitrogens with zero attached hydrogens (tertiary/aromatic N) is 4. The fraction of sp³-hybridized carbons (Fsp3) is 0.154. The van der Waals surface area contributed by atoms with Crippen molar-refractivity contribution in [2.24, 2.45) is 5.10 Å². The zero-order chi connectivity index (χ0) is 22.8. The molecule has 2 amide bonds. The number of carbonyl (C=O) groups excluding carboxylic acids is 2. The minimum atomic E-state index is -0.302. The van der Waals surface area contributed by atoms with Crippen LogP contribution in [0.2, 0.25) is 0 Å². The fourth-order valence-corrected chi connectivity index (χ4v) is 4.11. The Hall–Kier alpha value is -4.26. The normalized spacial score (nSPS) is 14.4. The van der Waals surface area contributed by atoms with E-state index < -0.39 is 0 Å². The van der Waals surface area contributed by atoms with Crippen molar-refractivity contribution < 1.29 is 9.59 Å². The lowest BCUT2D eigenvalue weighted by molar-refractivity contribution is -0.122. The summed E-state index contributed by atoms with van der Waals surface area (Å²) >= 11 is 0. The summed E-state index contributed by atoms with van der Waals surface area (Å²) in [6.07, 6.45) is 3.37. The number of nitrogens with one attached hydrogen (secondary N) is 1. The third-order valence-electron chi connectivity index (χ3n) is 5.80. The van der Waals surface area contributed by atoms with Crippen LogP contribution in [0.1, 0.15) is 34.6 Å². The van der Waals surface area contributed by atoms with E-state index in [2.05, 4.69) is 15.4 Å². The van der Waals surface area contributed by atoms with Crippen LogP contribution in [0.15, 0.2) is 90.3 Å². The Bertz CT molecular complexity index is 1350. The Morgan fingerprint density at radius 3 is 2.55 bits per heavy atom. The highest BCUT2D eigenvalue weighted by Crippen LogP contribution is 2.24.